The van der Waals surface area contributed by atoms with E-state index in [1.165, 1.54) is 11.8 Å². The molecule has 0 amide bonds. The number of rotatable bonds is 10. The highest BCUT2D eigenvalue weighted by atomic mass is 32.2. The molecule has 25 heavy (non-hydrogen) atoms. The summed E-state index contributed by atoms with van der Waals surface area (Å²) in [4.78, 5) is 10.6. The largest absolute Gasteiger partial charge is 0.493 e. The highest BCUT2D eigenvalue weighted by molar-refractivity contribution is 8.16. The summed E-state index contributed by atoms with van der Waals surface area (Å²) in [6.45, 7) is 7.48. The van der Waals surface area contributed by atoms with Crippen LogP contribution >= 0.6 is 11.8 Å². The maximum Gasteiger partial charge on any atom is 0.341 e. The van der Waals surface area contributed by atoms with Gasteiger partial charge in [-0.15, -0.1) is 0 Å². The molecule has 6 heteroatoms. The van der Waals surface area contributed by atoms with Crippen molar-refractivity contribution in [3.63, 3.8) is 0 Å². The standard InChI is InChI=1S/C19H23NO4S/c1-4-6-7-10-25-18(20)8-9-23-17-11-14(3)16(12-15(17)5-2)24-13-19(21)22/h4-7,10-12,20H,2,8-9,13H2,1,3H3,(H,21,22)/b6-4+,10-7+,20-18?. The van der Waals surface area contributed by atoms with Gasteiger partial charge in [-0.05, 0) is 37.0 Å². The Morgan fingerprint density at radius 1 is 1.32 bits per heavy atom. The molecular formula is C19H23NO4S. The van der Waals surface area contributed by atoms with E-state index >= 15 is 0 Å². The van der Waals surface area contributed by atoms with E-state index in [9.17, 15) is 4.79 Å². The van der Waals surface area contributed by atoms with E-state index in [1.54, 1.807) is 18.2 Å². The molecule has 0 bridgehead atoms. The molecular weight excluding hydrogens is 338 g/mol. The summed E-state index contributed by atoms with van der Waals surface area (Å²) in [5, 5.41) is 18.9. The molecule has 2 N–H and O–H groups in total. The topological polar surface area (TPSA) is 79.6 Å². The van der Waals surface area contributed by atoms with Gasteiger partial charge in [-0.2, -0.15) is 0 Å². The van der Waals surface area contributed by atoms with E-state index in [0.29, 0.717) is 29.6 Å². The third-order valence-corrected chi connectivity index (χ3v) is 3.84. The molecule has 0 fully saturated rings. The van der Waals surface area contributed by atoms with Crippen LogP contribution in [0.5, 0.6) is 11.5 Å². The van der Waals surface area contributed by atoms with Gasteiger partial charge >= 0.3 is 5.97 Å². The number of benzene rings is 1. The molecule has 0 heterocycles. The molecule has 0 unspecified atom stereocenters. The van der Waals surface area contributed by atoms with Gasteiger partial charge in [0.25, 0.3) is 0 Å². The Morgan fingerprint density at radius 3 is 2.72 bits per heavy atom. The number of aliphatic carboxylic acids is 1. The smallest absolute Gasteiger partial charge is 0.341 e. The second-order valence-corrected chi connectivity index (χ2v) is 6.04. The number of allylic oxidation sites excluding steroid dienone is 3. The molecule has 5 nitrogen and oxygen atoms in total. The van der Waals surface area contributed by atoms with Crippen molar-refractivity contribution in [1.82, 2.24) is 0 Å². The monoisotopic (exact) mass is 361 g/mol. The van der Waals surface area contributed by atoms with Crippen LogP contribution < -0.4 is 9.47 Å². The molecule has 0 aliphatic carbocycles. The number of carbonyl (C=O) groups is 1. The zero-order valence-corrected chi connectivity index (χ0v) is 15.3. The van der Waals surface area contributed by atoms with Gasteiger partial charge in [0.1, 0.15) is 11.5 Å². The van der Waals surface area contributed by atoms with Gasteiger partial charge in [-0.1, -0.05) is 42.6 Å². The van der Waals surface area contributed by atoms with Gasteiger partial charge in [0.15, 0.2) is 6.61 Å². The van der Waals surface area contributed by atoms with E-state index < -0.39 is 12.6 Å². The first-order valence-corrected chi connectivity index (χ1v) is 8.62. The van der Waals surface area contributed by atoms with Crippen LogP contribution in [-0.4, -0.2) is 29.3 Å². The lowest BCUT2D eigenvalue weighted by Gasteiger charge is -2.14. The highest BCUT2D eigenvalue weighted by Crippen LogP contribution is 2.29. The molecule has 134 valence electrons. The SMILES string of the molecule is C=Cc1cc(OCC(=O)O)c(C)cc1OCCC(=N)S/C=C/C=C/C. The Kier molecular flexibility index (Phi) is 9.17. The number of hydrogen-bond acceptors (Lipinski definition) is 5. The molecule has 0 aromatic heterocycles. The molecule has 1 aromatic carbocycles. The average Bonchev–Trinajstić information content (AvgIpc) is 2.58. The van der Waals surface area contributed by atoms with Gasteiger partial charge in [-0.25, -0.2) is 4.79 Å². The Morgan fingerprint density at radius 2 is 2.08 bits per heavy atom. The maximum absolute atomic E-state index is 10.6. The van der Waals surface area contributed by atoms with E-state index in [-0.39, 0.29) is 0 Å². The lowest BCUT2D eigenvalue weighted by Crippen LogP contribution is -2.10. The van der Waals surface area contributed by atoms with Crippen molar-refractivity contribution in [2.24, 2.45) is 0 Å². The summed E-state index contributed by atoms with van der Waals surface area (Å²) in [7, 11) is 0. The van der Waals surface area contributed by atoms with Gasteiger partial charge in [0.05, 0.1) is 11.7 Å². The fourth-order valence-corrected chi connectivity index (χ4v) is 2.38. The summed E-state index contributed by atoms with van der Waals surface area (Å²) in [5.74, 6) is 0.0962. The van der Waals surface area contributed by atoms with Crippen LogP contribution in [0.2, 0.25) is 0 Å². The number of hydrogen-bond donors (Lipinski definition) is 2. The normalized spacial score (nSPS) is 11.0. The maximum atomic E-state index is 10.6. The number of carboxylic acids is 1. The molecule has 0 aliphatic rings. The molecule has 0 spiro atoms. The quantitative estimate of drug-likeness (QED) is 0.360. The number of carboxylic acid groups (broad SMARTS) is 1. The first-order chi connectivity index (χ1) is 12.0. The van der Waals surface area contributed by atoms with E-state index in [4.69, 9.17) is 20.0 Å². The Bertz CT molecular complexity index is 680. The predicted molar refractivity (Wildman–Crippen MR) is 104 cm³/mol. The van der Waals surface area contributed by atoms with Gasteiger partial charge in [0.2, 0.25) is 0 Å². The Labute approximate surface area is 152 Å². The molecule has 0 aliphatic heterocycles. The van der Waals surface area contributed by atoms with E-state index in [1.807, 2.05) is 37.5 Å². The fourth-order valence-electron chi connectivity index (χ4n) is 1.85. The molecule has 0 atom stereocenters. The van der Waals surface area contributed by atoms with Crippen LogP contribution in [0, 0.1) is 12.3 Å². The number of nitrogens with one attached hydrogen (secondary N) is 1. The van der Waals surface area contributed by atoms with Crippen molar-refractivity contribution < 1.29 is 19.4 Å². The molecule has 0 saturated carbocycles. The molecule has 1 aromatic rings. The Hall–Kier alpha value is -2.47. The van der Waals surface area contributed by atoms with Crippen molar-refractivity contribution in [2.75, 3.05) is 13.2 Å². The van der Waals surface area contributed by atoms with Crippen LogP contribution in [0.4, 0.5) is 0 Å². The molecule has 0 radical (unpaired) electrons. The minimum atomic E-state index is -1.03. The first kappa shape index (κ1) is 20.6. The van der Waals surface area contributed by atoms with Crippen molar-refractivity contribution >= 4 is 28.9 Å². The fraction of sp³-hybridized carbons (Fsp3) is 0.263. The minimum absolute atomic E-state index is 0.374. The highest BCUT2D eigenvalue weighted by Gasteiger charge is 2.09. The summed E-state index contributed by atoms with van der Waals surface area (Å²) >= 11 is 1.35. The third kappa shape index (κ3) is 7.76. The number of ether oxygens (including phenoxy) is 2. The second kappa shape index (κ2) is 11.1. The minimum Gasteiger partial charge on any atom is -0.493 e. The second-order valence-electron chi connectivity index (χ2n) is 5.04. The Balaban J connectivity index is 2.63. The first-order valence-electron chi connectivity index (χ1n) is 7.74. The zero-order chi connectivity index (χ0) is 18.7. The van der Waals surface area contributed by atoms with Crippen molar-refractivity contribution in [3.05, 3.63) is 53.5 Å². The van der Waals surface area contributed by atoms with Crippen molar-refractivity contribution in [2.45, 2.75) is 20.3 Å². The third-order valence-electron chi connectivity index (χ3n) is 3.06. The zero-order valence-electron chi connectivity index (χ0n) is 14.5. The summed E-state index contributed by atoms with van der Waals surface area (Å²) < 4.78 is 11.0. The van der Waals surface area contributed by atoms with Crippen molar-refractivity contribution in [3.8, 4) is 11.5 Å². The van der Waals surface area contributed by atoms with Crippen LogP contribution in [-0.2, 0) is 4.79 Å². The van der Waals surface area contributed by atoms with Gasteiger partial charge < -0.3 is 14.6 Å². The van der Waals surface area contributed by atoms with Crippen LogP contribution in [0.1, 0.15) is 24.5 Å². The van der Waals surface area contributed by atoms with Gasteiger partial charge in [0, 0.05) is 12.0 Å². The number of aryl methyl sites for hydroxylation is 1. The van der Waals surface area contributed by atoms with Gasteiger partial charge in [-0.3, -0.25) is 5.41 Å². The molecule has 1 rings (SSSR count). The lowest BCUT2D eigenvalue weighted by atomic mass is 10.1. The molecule has 0 saturated heterocycles. The van der Waals surface area contributed by atoms with Crippen LogP contribution in [0.3, 0.4) is 0 Å². The summed E-state index contributed by atoms with van der Waals surface area (Å²) in [5.41, 5.74) is 1.50. The van der Waals surface area contributed by atoms with E-state index in [2.05, 4.69) is 6.58 Å². The predicted octanol–water partition coefficient (Wildman–Crippen LogP) is 4.67. The summed E-state index contributed by atoms with van der Waals surface area (Å²) in [6.07, 6.45) is 7.84. The van der Waals surface area contributed by atoms with Crippen molar-refractivity contribution in [1.29, 1.82) is 5.41 Å². The van der Waals surface area contributed by atoms with Crippen LogP contribution in [0.25, 0.3) is 6.08 Å². The van der Waals surface area contributed by atoms with E-state index in [0.717, 1.165) is 11.1 Å². The number of thioether (sulfide) groups is 1. The van der Waals surface area contributed by atoms with Crippen LogP contribution in [0.15, 0.2) is 42.3 Å². The summed E-state index contributed by atoms with van der Waals surface area (Å²) in [6, 6.07) is 3.50. The average molecular weight is 361 g/mol. The lowest BCUT2D eigenvalue weighted by molar-refractivity contribution is -0.139.